The van der Waals surface area contributed by atoms with Crippen molar-refractivity contribution in [3.63, 3.8) is 0 Å². The minimum absolute atomic E-state index is 0.305. The second-order valence-electron chi connectivity index (χ2n) is 3.07. The van der Waals surface area contributed by atoms with Gasteiger partial charge in [-0.15, -0.1) is 0 Å². The smallest absolute Gasteiger partial charge is 0.183 e. The van der Waals surface area contributed by atoms with Crippen molar-refractivity contribution in [1.29, 1.82) is 0 Å². The molecule has 0 aromatic rings. The van der Waals surface area contributed by atoms with Gasteiger partial charge in [0.25, 0.3) is 0 Å². The van der Waals surface area contributed by atoms with Crippen molar-refractivity contribution in [3.05, 3.63) is 0 Å². The van der Waals surface area contributed by atoms with Crippen LogP contribution in [0.5, 0.6) is 0 Å². The van der Waals surface area contributed by atoms with Crippen LogP contribution in [0.15, 0.2) is 0 Å². The summed E-state index contributed by atoms with van der Waals surface area (Å²) in [4.78, 5) is 0. The summed E-state index contributed by atoms with van der Waals surface area (Å²) in [5, 5.41) is 0.366. The van der Waals surface area contributed by atoms with E-state index in [-0.39, 0.29) is 5.79 Å². The van der Waals surface area contributed by atoms with E-state index in [0.29, 0.717) is 5.25 Å². The molecule has 2 saturated heterocycles. The number of hydrogen-bond acceptors (Lipinski definition) is 4. The fourth-order valence-corrected chi connectivity index (χ4v) is 3.19. The first-order valence-corrected chi connectivity index (χ1v) is 5.31. The molecule has 70 valence electrons. The van der Waals surface area contributed by atoms with E-state index in [9.17, 15) is 0 Å². The van der Waals surface area contributed by atoms with E-state index in [0.717, 1.165) is 32.0 Å². The lowest BCUT2D eigenvalue weighted by atomic mass is 10.1. The van der Waals surface area contributed by atoms with Crippen molar-refractivity contribution in [3.8, 4) is 0 Å². The van der Waals surface area contributed by atoms with E-state index in [2.05, 4.69) is 0 Å². The van der Waals surface area contributed by atoms with Gasteiger partial charge in [0.15, 0.2) is 5.79 Å². The van der Waals surface area contributed by atoms with Crippen molar-refractivity contribution in [2.45, 2.75) is 17.5 Å². The lowest BCUT2D eigenvalue weighted by Gasteiger charge is -2.27. The van der Waals surface area contributed by atoms with Gasteiger partial charge in [-0.3, -0.25) is 0 Å². The molecule has 0 aromatic heterocycles. The zero-order valence-electron chi connectivity index (χ0n) is 7.25. The van der Waals surface area contributed by atoms with Crippen LogP contribution in [0.2, 0.25) is 0 Å². The minimum Gasteiger partial charge on any atom is -0.383 e. The lowest BCUT2D eigenvalue weighted by Crippen LogP contribution is -2.40. The van der Waals surface area contributed by atoms with Crippen LogP contribution < -0.4 is 0 Å². The third-order valence-electron chi connectivity index (χ3n) is 2.35. The van der Waals surface area contributed by atoms with Gasteiger partial charge < -0.3 is 14.2 Å². The van der Waals surface area contributed by atoms with E-state index < -0.39 is 0 Å². The molecule has 0 aromatic carbocycles. The average molecular weight is 190 g/mol. The molecule has 2 aliphatic rings. The van der Waals surface area contributed by atoms with E-state index in [4.69, 9.17) is 14.2 Å². The fourth-order valence-electron chi connectivity index (χ4n) is 1.76. The average Bonchev–Trinajstić information content (AvgIpc) is 2.66. The molecular formula is C8H14O3S. The van der Waals surface area contributed by atoms with Crippen molar-refractivity contribution in [2.75, 3.05) is 32.7 Å². The molecule has 2 fully saturated rings. The van der Waals surface area contributed by atoms with Crippen LogP contribution in [-0.4, -0.2) is 43.7 Å². The highest BCUT2D eigenvalue weighted by molar-refractivity contribution is 8.00. The number of thioether (sulfide) groups is 1. The lowest BCUT2D eigenvalue weighted by molar-refractivity contribution is -0.159. The maximum atomic E-state index is 5.64. The molecule has 0 radical (unpaired) electrons. The summed E-state index contributed by atoms with van der Waals surface area (Å²) in [6, 6.07) is 0. The number of ether oxygens (including phenoxy) is 3. The summed E-state index contributed by atoms with van der Waals surface area (Å²) in [6.07, 6.45) is 1.01. The maximum Gasteiger partial charge on any atom is 0.183 e. The molecule has 0 saturated carbocycles. The standard InChI is InChI=1S/C8H14O3S/c1-9-6-7-8(2-5-12-7)10-3-4-11-8/h7H,2-6H2,1H3. The fraction of sp³-hybridized carbons (Fsp3) is 1.00. The highest BCUT2D eigenvalue weighted by Crippen LogP contribution is 2.41. The van der Waals surface area contributed by atoms with E-state index in [1.54, 1.807) is 7.11 Å². The van der Waals surface area contributed by atoms with E-state index in [1.807, 2.05) is 11.8 Å². The van der Waals surface area contributed by atoms with Gasteiger partial charge in [0.05, 0.1) is 25.1 Å². The second kappa shape index (κ2) is 3.54. The van der Waals surface area contributed by atoms with Crippen LogP contribution in [0.3, 0.4) is 0 Å². The maximum absolute atomic E-state index is 5.64. The third-order valence-corrected chi connectivity index (χ3v) is 3.69. The summed E-state index contributed by atoms with van der Waals surface area (Å²) in [5.41, 5.74) is 0. The van der Waals surface area contributed by atoms with Crippen LogP contribution in [0.25, 0.3) is 0 Å². The van der Waals surface area contributed by atoms with Gasteiger partial charge in [-0.25, -0.2) is 0 Å². The molecule has 2 heterocycles. The van der Waals surface area contributed by atoms with Crippen molar-refractivity contribution in [2.24, 2.45) is 0 Å². The summed E-state index contributed by atoms with van der Waals surface area (Å²) in [5.74, 6) is 0.814. The quantitative estimate of drug-likeness (QED) is 0.646. The van der Waals surface area contributed by atoms with E-state index in [1.165, 1.54) is 0 Å². The Labute approximate surface area is 76.7 Å². The van der Waals surface area contributed by atoms with Crippen molar-refractivity contribution >= 4 is 11.8 Å². The predicted octanol–water partition coefficient (Wildman–Crippen LogP) is 0.881. The first-order chi connectivity index (χ1) is 5.87. The monoisotopic (exact) mass is 190 g/mol. The molecule has 1 spiro atoms. The Morgan fingerprint density at radius 2 is 2.25 bits per heavy atom. The van der Waals surface area contributed by atoms with E-state index >= 15 is 0 Å². The van der Waals surface area contributed by atoms with Gasteiger partial charge in [-0.05, 0) is 5.75 Å². The minimum atomic E-state index is -0.305. The summed E-state index contributed by atoms with van der Waals surface area (Å²) in [7, 11) is 1.72. The SMILES string of the molecule is COCC1SCCC12OCCO2. The van der Waals surface area contributed by atoms with Crippen molar-refractivity contribution < 1.29 is 14.2 Å². The molecule has 2 rings (SSSR count). The Hall–Kier alpha value is 0.230. The van der Waals surface area contributed by atoms with Gasteiger partial charge in [-0.1, -0.05) is 0 Å². The highest BCUT2D eigenvalue weighted by Gasteiger charge is 2.48. The van der Waals surface area contributed by atoms with Crippen molar-refractivity contribution in [1.82, 2.24) is 0 Å². The molecule has 0 N–H and O–H groups in total. The number of methoxy groups -OCH3 is 1. The molecule has 12 heavy (non-hydrogen) atoms. The first kappa shape index (κ1) is 8.81. The summed E-state index contributed by atoms with van der Waals surface area (Å²) < 4.78 is 16.4. The molecule has 1 atom stereocenters. The summed E-state index contributed by atoms with van der Waals surface area (Å²) >= 11 is 1.89. The number of rotatable bonds is 2. The Balaban J connectivity index is 2.01. The Kier molecular flexibility index (Phi) is 2.60. The third kappa shape index (κ3) is 1.37. The van der Waals surface area contributed by atoms with Gasteiger partial charge in [0.2, 0.25) is 0 Å². The van der Waals surface area contributed by atoms with Crippen LogP contribution in [0.4, 0.5) is 0 Å². The first-order valence-electron chi connectivity index (χ1n) is 4.26. The molecule has 0 aliphatic carbocycles. The number of hydrogen-bond donors (Lipinski definition) is 0. The molecule has 0 bridgehead atoms. The molecule has 4 heteroatoms. The second-order valence-corrected chi connectivity index (χ2v) is 4.38. The van der Waals surface area contributed by atoms with Crippen LogP contribution in [-0.2, 0) is 14.2 Å². The molecular weight excluding hydrogens is 176 g/mol. The van der Waals surface area contributed by atoms with Crippen LogP contribution in [0.1, 0.15) is 6.42 Å². The Morgan fingerprint density at radius 1 is 1.50 bits per heavy atom. The van der Waals surface area contributed by atoms with Crippen LogP contribution >= 0.6 is 11.8 Å². The van der Waals surface area contributed by atoms with Gasteiger partial charge in [0, 0.05) is 13.5 Å². The summed E-state index contributed by atoms with van der Waals surface area (Å²) in [6.45, 7) is 2.20. The van der Waals surface area contributed by atoms with Gasteiger partial charge in [-0.2, -0.15) is 11.8 Å². The van der Waals surface area contributed by atoms with Crippen LogP contribution in [0, 0.1) is 0 Å². The van der Waals surface area contributed by atoms with Gasteiger partial charge >= 0.3 is 0 Å². The highest BCUT2D eigenvalue weighted by atomic mass is 32.2. The van der Waals surface area contributed by atoms with Gasteiger partial charge in [0.1, 0.15) is 0 Å². The Bertz CT molecular complexity index is 151. The zero-order chi connectivity index (χ0) is 8.44. The Morgan fingerprint density at radius 3 is 2.92 bits per heavy atom. The molecule has 1 unspecified atom stereocenters. The molecule has 0 amide bonds. The molecule has 2 aliphatic heterocycles. The topological polar surface area (TPSA) is 27.7 Å². The molecule has 3 nitrogen and oxygen atoms in total. The normalized spacial score (nSPS) is 33.2. The largest absolute Gasteiger partial charge is 0.383 e. The predicted molar refractivity (Wildman–Crippen MR) is 47.4 cm³/mol. The zero-order valence-corrected chi connectivity index (χ0v) is 8.06.